The Labute approximate surface area is 169 Å². The van der Waals surface area contributed by atoms with E-state index in [0.29, 0.717) is 24.6 Å². The fraction of sp³-hybridized carbons (Fsp3) is 0.609. The SMILES string of the molecule is CC(C)=CCCC(C)CCC/C(C)=C/COC1OCc2cnc(C)c(N=O)c21. The van der Waals surface area contributed by atoms with E-state index in [1.54, 1.807) is 13.1 Å². The minimum absolute atomic E-state index is 0.350. The second kappa shape index (κ2) is 11.2. The summed E-state index contributed by atoms with van der Waals surface area (Å²) in [7, 11) is 0. The highest BCUT2D eigenvalue weighted by molar-refractivity contribution is 5.54. The van der Waals surface area contributed by atoms with Crippen LogP contribution in [0.15, 0.2) is 34.7 Å². The van der Waals surface area contributed by atoms with Gasteiger partial charge in [0.2, 0.25) is 0 Å². The van der Waals surface area contributed by atoms with Crippen molar-refractivity contribution >= 4 is 5.69 Å². The summed E-state index contributed by atoms with van der Waals surface area (Å²) in [6, 6.07) is 0. The van der Waals surface area contributed by atoms with Gasteiger partial charge in [-0.15, -0.1) is 4.91 Å². The Morgan fingerprint density at radius 2 is 2.14 bits per heavy atom. The molecule has 2 rings (SSSR count). The first-order valence-electron chi connectivity index (χ1n) is 10.3. The maximum atomic E-state index is 11.2. The molecule has 28 heavy (non-hydrogen) atoms. The average molecular weight is 387 g/mol. The zero-order chi connectivity index (χ0) is 20.5. The number of ether oxygens (including phenoxy) is 2. The molecule has 2 heterocycles. The van der Waals surface area contributed by atoms with Crippen molar-refractivity contribution in [3.63, 3.8) is 0 Å². The lowest BCUT2D eigenvalue weighted by Gasteiger charge is -2.13. The number of aromatic nitrogens is 1. The lowest BCUT2D eigenvalue weighted by Crippen LogP contribution is -2.04. The molecule has 0 spiro atoms. The van der Waals surface area contributed by atoms with Crippen molar-refractivity contribution in [3.8, 4) is 0 Å². The molecule has 0 N–H and O–H groups in total. The molecule has 2 unspecified atom stereocenters. The Morgan fingerprint density at radius 1 is 1.36 bits per heavy atom. The Hall–Kier alpha value is -1.85. The molecular formula is C23H34N2O3. The molecule has 5 nitrogen and oxygen atoms in total. The summed E-state index contributed by atoms with van der Waals surface area (Å²) in [6.45, 7) is 11.4. The van der Waals surface area contributed by atoms with Gasteiger partial charge in [0.25, 0.3) is 0 Å². The van der Waals surface area contributed by atoms with Crippen molar-refractivity contribution < 1.29 is 9.47 Å². The molecule has 0 aromatic carbocycles. The normalized spacial score (nSPS) is 17.3. The molecule has 1 aromatic rings. The van der Waals surface area contributed by atoms with E-state index in [4.69, 9.17) is 9.47 Å². The minimum Gasteiger partial charge on any atom is -0.344 e. The van der Waals surface area contributed by atoms with Gasteiger partial charge in [-0.2, -0.15) is 0 Å². The van der Waals surface area contributed by atoms with Crippen LogP contribution < -0.4 is 0 Å². The van der Waals surface area contributed by atoms with Crippen molar-refractivity contribution in [3.05, 3.63) is 51.2 Å². The van der Waals surface area contributed by atoms with Gasteiger partial charge in [-0.1, -0.05) is 36.6 Å². The standard InChI is InChI=1S/C23H34N2O3/c1-16(2)8-6-9-17(3)10-7-11-18(4)12-13-27-23-21-20(15-28-23)14-24-19(5)22(21)25-26/h8,12,14,17,23H,6-7,9-11,13,15H2,1-5H3/b18-12+. The molecule has 5 heteroatoms. The number of pyridine rings is 1. The number of fused-ring (bicyclic) bond motifs is 1. The van der Waals surface area contributed by atoms with Gasteiger partial charge in [-0.05, 0) is 64.5 Å². The molecule has 2 atom stereocenters. The number of allylic oxidation sites excluding steroid dienone is 3. The molecule has 0 bridgehead atoms. The van der Waals surface area contributed by atoms with Crippen LogP contribution in [0.25, 0.3) is 0 Å². The summed E-state index contributed by atoms with van der Waals surface area (Å²) >= 11 is 0. The molecule has 1 aliphatic heterocycles. The van der Waals surface area contributed by atoms with Crippen molar-refractivity contribution in [1.29, 1.82) is 0 Å². The Bertz CT molecular complexity index is 721. The zero-order valence-electron chi connectivity index (χ0n) is 18.0. The molecule has 0 amide bonds. The summed E-state index contributed by atoms with van der Waals surface area (Å²) in [5.41, 5.74) is 5.31. The van der Waals surface area contributed by atoms with Gasteiger partial charge in [0.1, 0.15) is 5.69 Å². The van der Waals surface area contributed by atoms with E-state index >= 15 is 0 Å². The second-order valence-electron chi connectivity index (χ2n) is 8.11. The topological polar surface area (TPSA) is 60.8 Å². The van der Waals surface area contributed by atoms with Gasteiger partial charge in [-0.25, -0.2) is 0 Å². The van der Waals surface area contributed by atoms with Crippen LogP contribution in [0.3, 0.4) is 0 Å². The van der Waals surface area contributed by atoms with E-state index in [-0.39, 0.29) is 0 Å². The highest BCUT2D eigenvalue weighted by Crippen LogP contribution is 2.39. The molecular weight excluding hydrogens is 352 g/mol. The first-order chi connectivity index (χ1) is 13.4. The molecule has 0 fully saturated rings. The Kier molecular flexibility index (Phi) is 9.00. The van der Waals surface area contributed by atoms with Crippen LogP contribution in [0.5, 0.6) is 0 Å². The number of hydrogen-bond acceptors (Lipinski definition) is 5. The molecule has 0 radical (unpaired) electrons. The summed E-state index contributed by atoms with van der Waals surface area (Å²) < 4.78 is 11.5. The van der Waals surface area contributed by atoms with E-state index in [9.17, 15) is 4.91 Å². The molecule has 154 valence electrons. The molecule has 1 aromatic heterocycles. The third-order valence-corrected chi connectivity index (χ3v) is 5.23. The van der Waals surface area contributed by atoms with E-state index in [0.717, 1.165) is 23.5 Å². The number of nitrogens with zero attached hydrogens (tertiary/aromatic N) is 2. The quantitative estimate of drug-likeness (QED) is 0.309. The molecule has 0 saturated carbocycles. The van der Waals surface area contributed by atoms with Gasteiger partial charge in [0.15, 0.2) is 6.29 Å². The average Bonchev–Trinajstić information content (AvgIpc) is 3.04. The highest BCUT2D eigenvalue weighted by Gasteiger charge is 2.29. The first-order valence-corrected chi connectivity index (χ1v) is 10.3. The van der Waals surface area contributed by atoms with Crippen LogP contribution in [-0.2, 0) is 16.1 Å². The van der Waals surface area contributed by atoms with Gasteiger partial charge in [-0.3, -0.25) is 4.98 Å². The molecule has 1 aliphatic rings. The van der Waals surface area contributed by atoms with Crippen LogP contribution in [0.2, 0.25) is 0 Å². The Morgan fingerprint density at radius 3 is 2.86 bits per heavy atom. The lowest BCUT2D eigenvalue weighted by atomic mass is 9.97. The monoisotopic (exact) mass is 386 g/mol. The predicted molar refractivity (Wildman–Crippen MR) is 113 cm³/mol. The van der Waals surface area contributed by atoms with Crippen LogP contribution in [0.4, 0.5) is 5.69 Å². The van der Waals surface area contributed by atoms with E-state index in [1.165, 1.54) is 36.8 Å². The van der Waals surface area contributed by atoms with Crippen molar-refractivity contribution in [2.24, 2.45) is 11.1 Å². The zero-order valence-corrected chi connectivity index (χ0v) is 18.0. The summed E-state index contributed by atoms with van der Waals surface area (Å²) in [5.74, 6) is 0.758. The van der Waals surface area contributed by atoms with Gasteiger partial charge < -0.3 is 9.47 Å². The largest absolute Gasteiger partial charge is 0.344 e. The van der Waals surface area contributed by atoms with E-state index < -0.39 is 6.29 Å². The van der Waals surface area contributed by atoms with E-state index in [2.05, 4.69) is 50.0 Å². The van der Waals surface area contributed by atoms with Gasteiger partial charge in [0.05, 0.1) is 18.9 Å². The summed E-state index contributed by atoms with van der Waals surface area (Å²) in [5, 5.41) is 3.13. The van der Waals surface area contributed by atoms with Crippen LogP contribution in [0.1, 0.15) is 82.9 Å². The predicted octanol–water partition coefficient (Wildman–Crippen LogP) is 6.83. The first kappa shape index (κ1) is 22.4. The van der Waals surface area contributed by atoms with E-state index in [1.807, 2.05) is 0 Å². The third-order valence-electron chi connectivity index (χ3n) is 5.23. The van der Waals surface area contributed by atoms with Crippen molar-refractivity contribution in [2.45, 2.75) is 79.6 Å². The maximum Gasteiger partial charge on any atom is 0.187 e. The Balaban J connectivity index is 1.75. The summed E-state index contributed by atoms with van der Waals surface area (Å²) in [6.07, 6.45) is 11.6. The fourth-order valence-corrected chi connectivity index (χ4v) is 3.44. The maximum absolute atomic E-state index is 11.2. The van der Waals surface area contributed by atoms with Crippen molar-refractivity contribution in [1.82, 2.24) is 4.98 Å². The molecule has 0 saturated heterocycles. The van der Waals surface area contributed by atoms with Gasteiger partial charge >= 0.3 is 0 Å². The van der Waals surface area contributed by atoms with Crippen molar-refractivity contribution in [2.75, 3.05) is 6.61 Å². The number of nitroso groups, excluding NO2 is 1. The third kappa shape index (κ3) is 6.64. The van der Waals surface area contributed by atoms with Gasteiger partial charge in [0, 0.05) is 17.3 Å². The molecule has 0 aliphatic carbocycles. The number of hydrogen-bond donors (Lipinski definition) is 0. The van der Waals surface area contributed by atoms with Crippen LogP contribution in [0, 0.1) is 17.7 Å². The number of rotatable bonds is 11. The lowest BCUT2D eigenvalue weighted by molar-refractivity contribution is -0.129. The van der Waals surface area contributed by atoms with Crippen LogP contribution >= 0.6 is 0 Å². The summed E-state index contributed by atoms with van der Waals surface area (Å²) in [4.78, 5) is 15.4. The van der Waals surface area contributed by atoms with Crippen LogP contribution in [-0.4, -0.2) is 11.6 Å². The number of aryl methyl sites for hydroxylation is 1. The minimum atomic E-state index is -0.538. The highest BCUT2D eigenvalue weighted by atomic mass is 16.7. The second-order valence-corrected chi connectivity index (χ2v) is 8.11. The fourth-order valence-electron chi connectivity index (χ4n) is 3.44. The smallest absolute Gasteiger partial charge is 0.187 e.